The van der Waals surface area contributed by atoms with Gasteiger partial charge in [0, 0.05) is 10.6 Å². The number of hydrogen-bond acceptors (Lipinski definition) is 3. The first-order valence-corrected chi connectivity index (χ1v) is 5.92. The average molecular weight is 232 g/mol. The Morgan fingerprint density at radius 1 is 1.13 bits per heavy atom. The van der Waals surface area contributed by atoms with E-state index >= 15 is 0 Å². The van der Waals surface area contributed by atoms with E-state index in [0.29, 0.717) is 0 Å². The van der Waals surface area contributed by atoms with Crippen LogP contribution < -0.4 is 5.73 Å². The Bertz CT molecular complexity index is 494. The van der Waals surface area contributed by atoms with Gasteiger partial charge in [-0.05, 0) is 36.4 Å². The lowest BCUT2D eigenvalue weighted by molar-refractivity contribution is 1.46. The minimum Gasteiger partial charge on any atom is -0.399 e. The summed E-state index contributed by atoms with van der Waals surface area (Å²) in [5.74, 6) is 0. The summed E-state index contributed by atoms with van der Waals surface area (Å²) in [7, 11) is 0. The second kappa shape index (κ2) is 4.39. The van der Waals surface area contributed by atoms with Crippen molar-refractivity contribution in [3.8, 4) is 0 Å². The number of nitrogen functional groups attached to an aromatic ring is 1. The van der Waals surface area contributed by atoms with Gasteiger partial charge in [-0.15, -0.1) is 11.3 Å². The number of hydrogen-bond donors (Lipinski definition) is 1. The molecule has 74 valence electrons. The molecule has 0 aliphatic rings. The average Bonchev–Trinajstić information content (AvgIpc) is 2.69. The molecule has 0 bridgehead atoms. The maximum absolute atomic E-state index is 6.87. The highest BCUT2D eigenvalue weighted by Gasteiger charge is 2.01. The van der Waals surface area contributed by atoms with Crippen LogP contribution in [0.25, 0.3) is 4.85 Å². The third kappa shape index (κ3) is 2.52. The Balaban J connectivity index is 2.15. The van der Waals surface area contributed by atoms with Crippen LogP contribution in [0.5, 0.6) is 0 Å². The summed E-state index contributed by atoms with van der Waals surface area (Å²) in [6, 6.07) is 11.5. The Labute approximate surface area is 96.6 Å². The van der Waals surface area contributed by atoms with Crippen molar-refractivity contribution in [1.82, 2.24) is 0 Å². The number of benzene rings is 1. The van der Waals surface area contributed by atoms with Crippen molar-refractivity contribution in [2.45, 2.75) is 9.10 Å². The van der Waals surface area contributed by atoms with Crippen molar-refractivity contribution in [3.63, 3.8) is 0 Å². The van der Waals surface area contributed by atoms with E-state index in [1.165, 1.54) is 11.3 Å². The summed E-state index contributed by atoms with van der Waals surface area (Å²) in [5.41, 5.74) is 6.37. The van der Waals surface area contributed by atoms with Gasteiger partial charge in [-0.3, -0.25) is 0 Å². The molecular formula is C11H8N2S2. The van der Waals surface area contributed by atoms with E-state index in [2.05, 4.69) is 4.85 Å². The van der Waals surface area contributed by atoms with E-state index in [-0.39, 0.29) is 0 Å². The second-order valence-electron chi connectivity index (χ2n) is 2.88. The molecule has 2 N–H and O–H groups in total. The molecule has 0 radical (unpaired) electrons. The van der Waals surface area contributed by atoms with Crippen LogP contribution in [0.2, 0.25) is 0 Å². The summed E-state index contributed by atoms with van der Waals surface area (Å²) in [6.07, 6.45) is 0. The molecule has 1 aromatic carbocycles. The van der Waals surface area contributed by atoms with Crippen LogP contribution >= 0.6 is 23.1 Å². The zero-order valence-electron chi connectivity index (χ0n) is 7.81. The maximum atomic E-state index is 6.87. The fourth-order valence-corrected chi connectivity index (χ4v) is 2.95. The number of thiophene rings is 1. The highest BCUT2D eigenvalue weighted by Crippen LogP contribution is 2.36. The van der Waals surface area contributed by atoms with Crippen molar-refractivity contribution < 1.29 is 0 Å². The zero-order valence-corrected chi connectivity index (χ0v) is 9.44. The lowest BCUT2D eigenvalue weighted by Gasteiger charge is -1.98. The SMILES string of the molecule is [C-]#[N+]c1ccc(Sc2ccc(N)cc2)s1. The van der Waals surface area contributed by atoms with E-state index in [1.54, 1.807) is 11.8 Å². The molecule has 0 aliphatic carbocycles. The molecule has 2 nitrogen and oxygen atoms in total. The summed E-state index contributed by atoms with van der Waals surface area (Å²) in [4.78, 5) is 4.52. The first kappa shape index (κ1) is 10.1. The molecular weight excluding hydrogens is 224 g/mol. The molecule has 0 spiro atoms. The predicted octanol–water partition coefficient (Wildman–Crippen LogP) is 4.03. The Hall–Kier alpha value is -1.44. The number of nitrogens with zero attached hydrogens (tertiary/aromatic N) is 1. The fraction of sp³-hybridized carbons (Fsp3) is 0. The van der Waals surface area contributed by atoms with Crippen molar-refractivity contribution in [1.29, 1.82) is 0 Å². The summed E-state index contributed by atoms with van der Waals surface area (Å²) in [5, 5.41) is 0.730. The summed E-state index contributed by atoms with van der Waals surface area (Å²) in [6.45, 7) is 6.87. The quantitative estimate of drug-likeness (QED) is 0.626. The van der Waals surface area contributed by atoms with E-state index in [4.69, 9.17) is 12.3 Å². The van der Waals surface area contributed by atoms with Gasteiger partial charge in [0.15, 0.2) is 0 Å². The topological polar surface area (TPSA) is 30.4 Å². The fourth-order valence-electron chi connectivity index (χ4n) is 1.08. The minimum absolute atomic E-state index is 0.730. The molecule has 0 saturated carbocycles. The number of anilines is 1. The molecule has 4 heteroatoms. The first-order chi connectivity index (χ1) is 7.28. The van der Waals surface area contributed by atoms with E-state index in [1.807, 2.05) is 36.4 Å². The highest BCUT2D eigenvalue weighted by molar-refractivity contribution is 8.01. The lowest BCUT2D eigenvalue weighted by atomic mass is 10.3. The van der Waals surface area contributed by atoms with Crippen molar-refractivity contribution in [3.05, 3.63) is 47.8 Å². The molecule has 0 aliphatic heterocycles. The molecule has 0 unspecified atom stereocenters. The Kier molecular flexibility index (Phi) is 2.95. The standard InChI is InChI=1S/C11H8N2S2/c1-13-10-6-7-11(15-10)14-9-4-2-8(12)3-5-9/h2-7H,12H2. The van der Waals surface area contributed by atoms with Gasteiger partial charge in [0.25, 0.3) is 0 Å². The van der Waals surface area contributed by atoms with Crippen LogP contribution in [0.1, 0.15) is 0 Å². The monoisotopic (exact) mass is 232 g/mol. The number of rotatable bonds is 2. The van der Waals surface area contributed by atoms with Gasteiger partial charge in [0.05, 0.1) is 10.8 Å². The molecule has 0 saturated heterocycles. The van der Waals surface area contributed by atoms with Crippen LogP contribution in [0.3, 0.4) is 0 Å². The van der Waals surface area contributed by atoms with Gasteiger partial charge in [-0.1, -0.05) is 11.8 Å². The van der Waals surface area contributed by atoms with Gasteiger partial charge >= 0.3 is 0 Å². The van der Waals surface area contributed by atoms with Crippen LogP contribution in [0, 0.1) is 6.57 Å². The van der Waals surface area contributed by atoms with Crippen molar-refractivity contribution in [2.24, 2.45) is 0 Å². The molecule has 0 amide bonds. The first-order valence-electron chi connectivity index (χ1n) is 4.28. The van der Waals surface area contributed by atoms with Gasteiger partial charge in [-0.2, -0.15) is 0 Å². The molecule has 15 heavy (non-hydrogen) atoms. The van der Waals surface area contributed by atoms with Gasteiger partial charge in [0.1, 0.15) is 0 Å². The Morgan fingerprint density at radius 2 is 1.87 bits per heavy atom. The van der Waals surface area contributed by atoms with Crippen LogP contribution in [-0.4, -0.2) is 0 Å². The normalized spacial score (nSPS) is 9.80. The molecule has 2 rings (SSSR count). The molecule has 1 heterocycles. The molecule has 0 atom stereocenters. The molecule has 1 aromatic heterocycles. The van der Waals surface area contributed by atoms with Crippen LogP contribution in [0.4, 0.5) is 10.7 Å². The van der Waals surface area contributed by atoms with E-state index < -0.39 is 0 Å². The zero-order chi connectivity index (χ0) is 10.7. The smallest absolute Gasteiger partial charge is 0.242 e. The summed E-state index contributed by atoms with van der Waals surface area (Å²) < 4.78 is 1.13. The maximum Gasteiger partial charge on any atom is 0.242 e. The second-order valence-corrected chi connectivity index (χ2v) is 5.31. The highest BCUT2D eigenvalue weighted by atomic mass is 32.2. The summed E-state index contributed by atoms with van der Waals surface area (Å²) >= 11 is 3.16. The lowest BCUT2D eigenvalue weighted by Crippen LogP contribution is -1.81. The molecule has 0 fully saturated rings. The van der Waals surface area contributed by atoms with Crippen molar-refractivity contribution in [2.75, 3.05) is 5.73 Å². The van der Waals surface area contributed by atoms with Gasteiger partial charge in [-0.25, -0.2) is 4.85 Å². The third-order valence-corrected chi connectivity index (χ3v) is 3.89. The minimum atomic E-state index is 0.730. The largest absolute Gasteiger partial charge is 0.399 e. The van der Waals surface area contributed by atoms with E-state index in [0.717, 1.165) is 19.8 Å². The van der Waals surface area contributed by atoms with Gasteiger partial charge < -0.3 is 5.73 Å². The number of nitrogens with two attached hydrogens (primary N) is 1. The van der Waals surface area contributed by atoms with E-state index in [9.17, 15) is 0 Å². The van der Waals surface area contributed by atoms with Crippen molar-refractivity contribution >= 4 is 33.8 Å². The van der Waals surface area contributed by atoms with Gasteiger partial charge in [0.2, 0.25) is 5.00 Å². The van der Waals surface area contributed by atoms with Crippen LogP contribution in [0.15, 0.2) is 45.5 Å². The third-order valence-electron chi connectivity index (χ3n) is 1.78. The molecule has 2 aromatic rings. The predicted molar refractivity (Wildman–Crippen MR) is 65.6 cm³/mol. The Morgan fingerprint density at radius 3 is 2.47 bits per heavy atom. The van der Waals surface area contributed by atoms with Crippen LogP contribution in [-0.2, 0) is 0 Å².